The third-order valence-electron chi connectivity index (χ3n) is 2.57. The molecule has 94 valence electrons. The molecule has 5 heteroatoms. The first-order chi connectivity index (χ1) is 8.58. The lowest BCUT2D eigenvalue weighted by Crippen LogP contribution is -2.25. The molecular formula is C13H13FN2OS. The summed E-state index contributed by atoms with van der Waals surface area (Å²) < 4.78 is 13.3. The van der Waals surface area contributed by atoms with E-state index in [4.69, 9.17) is 5.73 Å². The van der Waals surface area contributed by atoms with Crippen molar-refractivity contribution < 1.29 is 9.18 Å². The van der Waals surface area contributed by atoms with Gasteiger partial charge in [0.05, 0.1) is 12.2 Å². The molecule has 0 atom stereocenters. The van der Waals surface area contributed by atoms with Gasteiger partial charge in [0.25, 0.3) is 5.91 Å². The normalized spacial score (nSPS) is 10.3. The van der Waals surface area contributed by atoms with Crippen LogP contribution >= 0.6 is 11.3 Å². The Morgan fingerprint density at radius 1 is 1.44 bits per heavy atom. The molecule has 0 unspecified atom stereocenters. The van der Waals surface area contributed by atoms with Crippen molar-refractivity contribution in [3.63, 3.8) is 0 Å². The lowest BCUT2D eigenvalue weighted by atomic mass is 10.1. The summed E-state index contributed by atoms with van der Waals surface area (Å²) in [6.07, 6.45) is 0. The van der Waals surface area contributed by atoms with Crippen LogP contribution in [0.2, 0.25) is 0 Å². The van der Waals surface area contributed by atoms with E-state index >= 15 is 0 Å². The van der Waals surface area contributed by atoms with E-state index in [-0.39, 0.29) is 11.6 Å². The molecule has 2 aromatic rings. The molecule has 0 aliphatic heterocycles. The van der Waals surface area contributed by atoms with E-state index in [0.717, 1.165) is 4.88 Å². The molecular weight excluding hydrogens is 251 g/mol. The highest BCUT2D eigenvalue weighted by Crippen LogP contribution is 2.16. The molecule has 1 aromatic carbocycles. The van der Waals surface area contributed by atoms with Crippen molar-refractivity contribution in [2.75, 3.05) is 12.8 Å². The third kappa shape index (κ3) is 2.68. The molecule has 1 amide bonds. The Morgan fingerprint density at radius 3 is 2.83 bits per heavy atom. The fraction of sp³-hybridized carbons (Fsp3) is 0.154. The van der Waals surface area contributed by atoms with Crippen LogP contribution in [-0.4, -0.2) is 17.9 Å². The topological polar surface area (TPSA) is 46.3 Å². The minimum absolute atomic E-state index is 0.0486. The molecule has 0 saturated carbocycles. The highest BCUT2D eigenvalue weighted by Gasteiger charge is 2.13. The summed E-state index contributed by atoms with van der Waals surface area (Å²) in [5.41, 5.74) is 5.73. The zero-order chi connectivity index (χ0) is 13.1. The van der Waals surface area contributed by atoms with E-state index in [1.54, 1.807) is 23.3 Å². The van der Waals surface area contributed by atoms with Crippen LogP contribution in [0.15, 0.2) is 35.7 Å². The number of halogens is 1. The van der Waals surface area contributed by atoms with E-state index in [2.05, 4.69) is 0 Å². The van der Waals surface area contributed by atoms with Crippen molar-refractivity contribution in [3.05, 3.63) is 52.0 Å². The van der Waals surface area contributed by atoms with Gasteiger partial charge in [0.15, 0.2) is 0 Å². The monoisotopic (exact) mass is 264 g/mol. The predicted octanol–water partition coefficient (Wildman–Crippen LogP) is 2.74. The van der Waals surface area contributed by atoms with Gasteiger partial charge in [0.1, 0.15) is 5.82 Å². The first-order valence-corrected chi connectivity index (χ1v) is 6.29. The van der Waals surface area contributed by atoms with E-state index in [9.17, 15) is 9.18 Å². The SMILES string of the molecule is CN(Cc1cccs1)C(=O)c1ccc(N)c(F)c1. The maximum atomic E-state index is 13.3. The first-order valence-electron chi connectivity index (χ1n) is 5.41. The highest BCUT2D eigenvalue weighted by molar-refractivity contribution is 7.09. The van der Waals surface area contributed by atoms with Crippen molar-refractivity contribution in [2.45, 2.75) is 6.54 Å². The smallest absolute Gasteiger partial charge is 0.254 e. The lowest BCUT2D eigenvalue weighted by molar-refractivity contribution is 0.0786. The second-order valence-corrected chi connectivity index (χ2v) is 5.01. The molecule has 1 heterocycles. The van der Waals surface area contributed by atoms with Crippen LogP contribution in [0.1, 0.15) is 15.2 Å². The fourth-order valence-corrected chi connectivity index (χ4v) is 2.35. The quantitative estimate of drug-likeness (QED) is 0.866. The number of thiophene rings is 1. The van der Waals surface area contributed by atoms with Crippen molar-refractivity contribution >= 4 is 22.9 Å². The minimum Gasteiger partial charge on any atom is -0.396 e. The Morgan fingerprint density at radius 2 is 2.22 bits per heavy atom. The van der Waals surface area contributed by atoms with Crippen LogP contribution in [0.4, 0.5) is 10.1 Å². The molecule has 0 bridgehead atoms. The number of carbonyl (C=O) groups is 1. The molecule has 2 N–H and O–H groups in total. The number of nitrogens with zero attached hydrogens (tertiary/aromatic N) is 1. The van der Waals surface area contributed by atoms with Crippen LogP contribution in [0.3, 0.4) is 0 Å². The van der Waals surface area contributed by atoms with Crippen molar-refractivity contribution in [1.82, 2.24) is 4.90 Å². The maximum absolute atomic E-state index is 13.3. The Balaban J connectivity index is 2.12. The third-order valence-corrected chi connectivity index (χ3v) is 3.43. The molecule has 0 aliphatic rings. The number of amides is 1. The second-order valence-electron chi connectivity index (χ2n) is 3.98. The lowest BCUT2D eigenvalue weighted by Gasteiger charge is -2.16. The second kappa shape index (κ2) is 5.18. The summed E-state index contributed by atoms with van der Waals surface area (Å²) in [4.78, 5) is 14.7. The van der Waals surface area contributed by atoms with E-state index in [0.29, 0.717) is 12.1 Å². The predicted molar refractivity (Wildman–Crippen MR) is 70.9 cm³/mol. The van der Waals surface area contributed by atoms with Gasteiger partial charge >= 0.3 is 0 Å². The van der Waals surface area contributed by atoms with Gasteiger partial charge in [0.2, 0.25) is 0 Å². The highest BCUT2D eigenvalue weighted by atomic mass is 32.1. The zero-order valence-corrected chi connectivity index (χ0v) is 10.7. The van der Waals surface area contributed by atoms with E-state index < -0.39 is 5.82 Å². The van der Waals surface area contributed by atoms with Gasteiger partial charge in [-0.25, -0.2) is 4.39 Å². The summed E-state index contributed by atoms with van der Waals surface area (Å²) in [6, 6.07) is 8.00. The van der Waals surface area contributed by atoms with Crippen molar-refractivity contribution in [1.29, 1.82) is 0 Å². The number of rotatable bonds is 3. The molecule has 1 aromatic heterocycles. The first kappa shape index (κ1) is 12.6. The Labute approximate surface area is 109 Å². The number of benzene rings is 1. The van der Waals surface area contributed by atoms with Crippen LogP contribution in [0.5, 0.6) is 0 Å². The number of anilines is 1. The largest absolute Gasteiger partial charge is 0.396 e. The van der Waals surface area contributed by atoms with E-state index in [1.807, 2.05) is 17.5 Å². The van der Waals surface area contributed by atoms with Crippen LogP contribution in [0, 0.1) is 5.82 Å². The molecule has 0 saturated heterocycles. The summed E-state index contributed by atoms with van der Waals surface area (Å²) in [6.45, 7) is 0.516. The number of hydrogen-bond donors (Lipinski definition) is 1. The number of carbonyl (C=O) groups excluding carboxylic acids is 1. The van der Waals surface area contributed by atoms with Crippen LogP contribution < -0.4 is 5.73 Å². The van der Waals surface area contributed by atoms with Gasteiger partial charge < -0.3 is 10.6 Å². The van der Waals surface area contributed by atoms with Crippen LogP contribution in [-0.2, 0) is 6.54 Å². The Hall–Kier alpha value is -1.88. The summed E-state index contributed by atoms with van der Waals surface area (Å²) in [7, 11) is 1.69. The number of nitrogens with two attached hydrogens (primary N) is 1. The summed E-state index contributed by atoms with van der Waals surface area (Å²) in [5.74, 6) is -0.785. The van der Waals surface area contributed by atoms with Gasteiger partial charge in [-0.2, -0.15) is 0 Å². The number of hydrogen-bond acceptors (Lipinski definition) is 3. The standard InChI is InChI=1S/C13H13FN2OS/c1-16(8-10-3-2-6-18-10)13(17)9-4-5-12(15)11(14)7-9/h2-7H,8,15H2,1H3. The van der Waals surface area contributed by atoms with Gasteiger partial charge in [-0.05, 0) is 29.6 Å². The van der Waals surface area contributed by atoms with Crippen molar-refractivity contribution in [2.24, 2.45) is 0 Å². The Bertz CT molecular complexity index is 554. The minimum atomic E-state index is -0.564. The van der Waals surface area contributed by atoms with Gasteiger partial charge in [-0.3, -0.25) is 4.79 Å². The average molecular weight is 264 g/mol. The summed E-state index contributed by atoms with van der Waals surface area (Å²) >= 11 is 1.58. The Kier molecular flexibility index (Phi) is 3.62. The zero-order valence-electron chi connectivity index (χ0n) is 9.89. The maximum Gasteiger partial charge on any atom is 0.254 e. The molecule has 0 aliphatic carbocycles. The molecule has 0 fully saturated rings. The van der Waals surface area contributed by atoms with Crippen molar-refractivity contribution in [3.8, 4) is 0 Å². The van der Waals surface area contributed by atoms with Gasteiger partial charge in [0, 0.05) is 17.5 Å². The van der Waals surface area contributed by atoms with Gasteiger partial charge in [-0.15, -0.1) is 11.3 Å². The molecule has 0 radical (unpaired) electrons. The molecule has 3 nitrogen and oxygen atoms in total. The molecule has 18 heavy (non-hydrogen) atoms. The fourth-order valence-electron chi connectivity index (χ4n) is 1.59. The average Bonchev–Trinajstić information content (AvgIpc) is 2.84. The number of nitrogen functional groups attached to an aromatic ring is 1. The van der Waals surface area contributed by atoms with Crippen LogP contribution in [0.25, 0.3) is 0 Å². The molecule has 0 spiro atoms. The van der Waals surface area contributed by atoms with Gasteiger partial charge in [-0.1, -0.05) is 6.07 Å². The molecule has 2 rings (SSSR count). The summed E-state index contributed by atoms with van der Waals surface area (Å²) in [5, 5.41) is 1.95. The van der Waals surface area contributed by atoms with E-state index in [1.165, 1.54) is 18.2 Å².